The summed E-state index contributed by atoms with van der Waals surface area (Å²) in [7, 11) is 0. The van der Waals surface area contributed by atoms with Gasteiger partial charge < -0.3 is 9.47 Å². The quantitative estimate of drug-likeness (QED) is 0.726. The second-order valence-electron chi connectivity index (χ2n) is 6.76. The van der Waals surface area contributed by atoms with Crippen LogP contribution in [0.15, 0.2) is 59.6 Å². The zero-order chi connectivity index (χ0) is 17.7. The summed E-state index contributed by atoms with van der Waals surface area (Å²) in [6.07, 6.45) is 4.47. The molecule has 0 fully saturated rings. The number of hydrogen-bond acceptors (Lipinski definition) is 4. The highest BCUT2D eigenvalue weighted by atomic mass is 16.5. The fourth-order valence-electron chi connectivity index (χ4n) is 3.69. The molecule has 5 rings (SSSR count). The summed E-state index contributed by atoms with van der Waals surface area (Å²) in [6, 6.07) is 13.2. The average Bonchev–Trinajstić information content (AvgIpc) is 2.95. The maximum absolute atomic E-state index is 12.7. The Morgan fingerprint density at radius 1 is 0.923 bits per heavy atom. The van der Waals surface area contributed by atoms with Crippen molar-refractivity contribution < 1.29 is 19.1 Å². The van der Waals surface area contributed by atoms with Gasteiger partial charge in [-0.1, -0.05) is 30.3 Å². The highest BCUT2D eigenvalue weighted by molar-refractivity contribution is 6.14. The van der Waals surface area contributed by atoms with Crippen molar-refractivity contribution in [1.29, 1.82) is 0 Å². The van der Waals surface area contributed by atoms with E-state index < -0.39 is 0 Å². The molecular weight excluding hydrogens is 328 g/mol. The lowest BCUT2D eigenvalue weighted by Gasteiger charge is -2.26. The zero-order valence-electron chi connectivity index (χ0n) is 14.1. The van der Waals surface area contributed by atoms with Crippen molar-refractivity contribution in [2.45, 2.75) is 25.7 Å². The van der Waals surface area contributed by atoms with E-state index in [1.165, 1.54) is 0 Å². The van der Waals surface area contributed by atoms with Gasteiger partial charge in [-0.2, -0.15) is 0 Å². The van der Waals surface area contributed by atoms with E-state index in [9.17, 15) is 9.59 Å². The van der Waals surface area contributed by atoms with Crippen LogP contribution in [-0.4, -0.2) is 11.6 Å². The van der Waals surface area contributed by atoms with Crippen LogP contribution < -0.4 is 9.47 Å². The summed E-state index contributed by atoms with van der Waals surface area (Å²) in [5, 5.41) is 0. The molecule has 0 spiro atoms. The Morgan fingerprint density at radius 3 is 2.62 bits per heavy atom. The van der Waals surface area contributed by atoms with Gasteiger partial charge in [-0.3, -0.25) is 9.59 Å². The van der Waals surface area contributed by atoms with Crippen molar-refractivity contribution in [3.8, 4) is 11.5 Å². The Labute approximate surface area is 150 Å². The van der Waals surface area contributed by atoms with Crippen molar-refractivity contribution in [2.24, 2.45) is 0 Å². The molecule has 0 saturated carbocycles. The van der Waals surface area contributed by atoms with Gasteiger partial charge in [0.25, 0.3) is 0 Å². The lowest BCUT2D eigenvalue weighted by atomic mass is 9.88. The summed E-state index contributed by atoms with van der Waals surface area (Å²) in [4.78, 5) is 24.9. The number of allylic oxidation sites excluding steroid dienone is 3. The molecule has 0 aromatic heterocycles. The van der Waals surface area contributed by atoms with Crippen LogP contribution in [0, 0.1) is 0 Å². The molecule has 4 nitrogen and oxygen atoms in total. The fourth-order valence-corrected chi connectivity index (χ4v) is 3.69. The van der Waals surface area contributed by atoms with E-state index in [1.807, 2.05) is 36.4 Å². The third kappa shape index (κ3) is 2.37. The van der Waals surface area contributed by atoms with Crippen LogP contribution in [0.2, 0.25) is 0 Å². The van der Waals surface area contributed by atoms with Crippen LogP contribution in [0.1, 0.15) is 40.7 Å². The minimum absolute atomic E-state index is 0.138. The number of hydrogen-bond donors (Lipinski definition) is 0. The highest BCUT2D eigenvalue weighted by Gasteiger charge is 2.33. The lowest BCUT2D eigenvalue weighted by Crippen LogP contribution is -2.20. The number of Topliss-reactive ketones (excluding diaryl/α,β-unsaturated/α-hetero) is 2. The van der Waals surface area contributed by atoms with E-state index in [0.29, 0.717) is 35.7 Å². The maximum atomic E-state index is 12.7. The first-order chi connectivity index (χ1) is 12.7. The van der Waals surface area contributed by atoms with E-state index in [0.717, 1.165) is 35.3 Å². The molecule has 0 N–H and O–H groups in total. The molecule has 0 saturated heterocycles. The van der Waals surface area contributed by atoms with Gasteiger partial charge in [0.15, 0.2) is 11.5 Å². The Hall–Kier alpha value is -3.14. The molecule has 0 radical (unpaired) electrons. The van der Waals surface area contributed by atoms with Crippen LogP contribution in [0.25, 0.3) is 6.08 Å². The van der Waals surface area contributed by atoms with Crippen molar-refractivity contribution in [3.63, 3.8) is 0 Å². The monoisotopic (exact) mass is 344 g/mol. The SMILES string of the molecule is O=C1CCCC2=C1Cc1cc3c(cc1O2)OC(=Cc1ccccc1)C3=O. The standard InChI is InChI=1S/C22H16O4/c23-17-7-4-8-18-15(17)10-14-11-16-20(12-19(14)25-18)26-21(22(16)24)9-13-5-2-1-3-6-13/h1-3,5-6,9,11-12H,4,7-8,10H2. The number of carbonyl (C=O) groups is 2. The van der Waals surface area contributed by atoms with Gasteiger partial charge >= 0.3 is 0 Å². The smallest absolute Gasteiger partial charge is 0.231 e. The molecule has 2 aromatic rings. The number of ketones is 2. The lowest BCUT2D eigenvalue weighted by molar-refractivity contribution is -0.116. The normalized spacial score (nSPS) is 19.6. The van der Waals surface area contributed by atoms with E-state index in [-0.39, 0.29) is 11.6 Å². The molecule has 26 heavy (non-hydrogen) atoms. The predicted molar refractivity (Wildman–Crippen MR) is 96.0 cm³/mol. The molecule has 128 valence electrons. The van der Waals surface area contributed by atoms with E-state index in [1.54, 1.807) is 12.1 Å². The van der Waals surface area contributed by atoms with Crippen molar-refractivity contribution in [3.05, 3.63) is 76.2 Å². The van der Waals surface area contributed by atoms with Crippen LogP contribution in [0.5, 0.6) is 11.5 Å². The molecule has 0 amide bonds. The van der Waals surface area contributed by atoms with Crippen molar-refractivity contribution in [1.82, 2.24) is 0 Å². The van der Waals surface area contributed by atoms with Gasteiger partial charge in [-0.05, 0) is 24.1 Å². The minimum atomic E-state index is -0.138. The van der Waals surface area contributed by atoms with Gasteiger partial charge in [0.2, 0.25) is 5.78 Å². The van der Waals surface area contributed by atoms with Crippen molar-refractivity contribution >= 4 is 17.6 Å². The number of ether oxygens (including phenoxy) is 2. The molecule has 1 aliphatic carbocycles. The second kappa shape index (κ2) is 5.70. The topological polar surface area (TPSA) is 52.6 Å². The molecular formula is C22H16O4. The second-order valence-corrected chi connectivity index (χ2v) is 6.76. The van der Waals surface area contributed by atoms with Gasteiger partial charge in [0.05, 0.1) is 5.56 Å². The number of fused-ring (bicyclic) bond motifs is 2. The van der Waals surface area contributed by atoms with Gasteiger partial charge in [-0.25, -0.2) is 0 Å². The van der Waals surface area contributed by atoms with E-state index in [2.05, 4.69) is 0 Å². The third-order valence-corrected chi connectivity index (χ3v) is 5.03. The highest BCUT2D eigenvalue weighted by Crippen LogP contribution is 2.42. The fraction of sp³-hybridized carbons (Fsp3) is 0.182. The van der Waals surface area contributed by atoms with Crippen molar-refractivity contribution in [2.75, 3.05) is 0 Å². The number of benzene rings is 2. The Bertz CT molecular complexity index is 1010. The Balaban J connectivity index is 1.51. The Kier molecular flexibility index (Phi) is 3.32. The van der Waals surface area contributed by atoms with Crippen LogP contribution >= 0.6 is 0 Å². The van der Waals surface area contributed by atoms with Gasteiger partial charge in [0, 0.05) is 36.5 Å². The molecule has 0 bridgehead atoms. The summed E-state index contributed by atoms with van der Waals surface area (Å²) in [5.74, 6) is 2.31. The molecule has 3 aliphatic rings. The first-order valence-electron chi connectivity index (χ1n) is 8.78. The first kappa shape index (κ1) is 15.1. The molecule has 2 aliphatic heterocycles. The summed E-state index contributed by atoms with van der Waals surface area (Å²) in [5.41, 5.74) is 3.07. The molecule has 0 atom stereocenters. The van der Waals surface area contributed by atoms with Crippen LogP contribution in [-0.2, 0) is 11.2 Å². The number of rotatable bonds is 1. The van der Waals surface area contributed by atoms with Crippen LogP contribution in [0.4, 0.5) is 0 Å². The molecule has 0 unspecified atom stereocenters. The van der Waals surface area contributed by atoms with Gasteiger partial charge in [-0.15, -0.1) is 0 Å². The largest absolute Gasteiger partial charge is 0.461 e. The number of carbonyl (C=O) groups excluding carboxylic acids is 2. The summed E-state index contributed by atoms with van der Waals surface area (Å²) in [6.45, 7) is 0. The summed E-state index contributed by atoms with van der Waals surface area (Å²) < 4.78 is 11.8. The maximum Gasteiger partial charge on any atom is 0.231 e. The molecule has 2 aromatic carbocycles. The predicted octanol–water partition coefficient (Wildman–Crippen LogP) is 4.24. The first-order valence-corrected chi connectivity index (χ1v) is 8.78. The van der Waals surface area contributed by atoms with E-state index in [4.69, 9.17) is 9.47 Å². The van der Waals surface area contributed by atoms with Gasteiger partial charge in [0.1, 0.15) is 17.3 Å². The zero-order valence-corrected chi connectivity index (χ0v) is 14.1. The average molecular weight is 344 g/mol. The molecule has 4 heteroatoms. The van der Waals surface area contributed by atoms with E-state index >= 15 is 0 Å². The minimum Gasteiger partial charge on any atom is -0.461 e. The molecule has 2 heterocycles. The summed E-state index contributed by atoms with van der Waals surface area (Å²) >= 11 is 0. The van der Waals surface area contributed by atoms with Crippen LogP contribution in [0.3, 0.4) is 0 Å². The Morgan fingerprint density at radius 2 is 1.77 bits per heavy atom. The third-order valence-electron chi connectivity index (χ3n) is 5.03.